The number of amides is 2. The lowest BCUT2D eigenvalue weighted by atomic mass is 9.79. The first-order chi connectivity index (χ1) is 11.1. The molecule has 3 saturated heterocycles. The maximum absolute atomic E-state index is 12.0. The summed E-state index contributed by atoms with van der Waals surface area (Å²) in [4.78, 5) is 15.5. The fourth-order valence-corrected chi connectivity index (χ4v) is 3.95. The molecule has 1 atom stereocenters. The molecule has 0 aromatic rings. The maximum atomic E-state index is 12.0. The highest BCUT2D eigenvalue weighted by atomic mass is 16.5. The highest BCUT2D eigenvalue weighted by Gasteiger charge is 2.54. The Morgan fingerprint density at radius 1 is 1.22 bits per heavy atom. The van der Waals surface area contributed by atoms with Gasteiger partial charge in [0.25, 0.3) is 0 Å². The van der Waals surface area contributed by atoms with E-state index in [2.05, 4.69) is 0 Å². The lowest BCUT2D eigenvalue weighted by Gasteiger charge is -2.50. The molecule has 3 fully saturated rings. The molecule has 0 N–H and O–H groups in total. The van der Waals surface area contributed by atoms with Crippen molar-refractivity contribution in [1.29, 1.82) is 0 Å². The molecular weight excluding hydrogens is 296 g/mol. The summed E-state index contributed by atoms with van der Waals surface area (Å²) in [5.41, 5.74) is -0.103. The van der Waals surface area contributed by atoms with Gasteiger partial charge in [-0.3, -0.25) is 0 Å². The first-order valence-electron chi connectivity index (χ1n) is 8.86. The molecule has 0 aromatic carbocycles. The van der Waals surface area contributed by atoms with Gasteiger partial charge in [0, 0.05) is 47.1 Å². The van der Waals surface area contributed by atoms with Crippen LogP contribution in [-0.2, 0) is 14.2 Å². The number of hydrogen-bond donors (Lipinski definition) is 0. The SMILES string of the molecule is CN(C)C(=O)N1CC2(C1)OCCC2CCOCC1CCOCC1. The molecule has 0 aliphatic carbocycles. The molecule has 6 heteroatoms. The predicted octanol–water partition coefficient (Wildman–Crippen LogP) is 1.59. The van der Waals surface area contributed by atoms with E-state index >= 15 is 0 Å². The quantitative estimate of drug-likeness (QED) is 0.720. The van der Waals surface area contributed by atoms with Gasteiger partial charge in [0.05, 0.1) is 13.1 Å². The summed E-state index contributed by atoms with van der Waals surface area (Å²) in [6.45, 7) is 5.69. The molecule has 3 rings (SSSR count). The van der Waals surface area contributed by atoms with Crippen LogP contribution < -0.4 is 0 Å². The molecule has 2 amide bonds. The minimum atomic E-state index is -0.103. The zero-order valence-electron chi connectivity index (χ0n) is 14.5. The molecule has 132 valence electrons. The highest BCUT2D eigenvalue weighted by Crippen LogP contribution is 2.41. The topological polar surface area (TPSA) is 51.2 Å². The number of carbonyl (C=O) groups excluding carboxylic acids is 1. The van der Waals surface area contributed by atoms with Crippen LogP contribution in [0.25, 0.3) is 0 Å². The molecule has 0 bridgehead atoms. The third-order valence-corrected chi connectivity index (χ3v) is 5.48. The monoisotopic (exact) mass is 326 g/mol. The minimum Gasteiger partial charge on any atom is -0.381 e. The Hall–Kier alpha value is -0.850. The van der Waals surface area contributed by atoms with Crippen LogP contribution in [-0.4, -0.2) is 81.7 Å². The molecule has 0 saturated carbocycles. The molecular formula is C17H30N2O4. The summed E-state index contributed by atoms with van der Waals surface area (Å²) in [7, 11) is 3.59. The van der Waals surface area contributed by atoms with Crippen molar-refractivity contribution in [1.82, 2.24) is 9.80 Å². The number of likely N-dealkylation sites (tertiary alicyclic amines) is 1. The van der Waals surface area contributed by atoms with E-state index in [1.54, 1.807) is 19.0 Å². The number of ether oxygens (including phenoxy) is 3. The summed E-state index contributed by atoms with van der Waals surface area (Å²) in [5, 5.41) is 0. The zero-order chi connectivity index (χ0) is 16.3. The van der Waals surface area contributed by atoms with E-state index in [1.807, 2.05) is 4.90 Å². The van der Waals surface area contributed by atoms with Gasteiger partial charge < -0.3 is 24.0 Å². The van der Waals surface area contributed by atoms with Crippen molar-refractivity contribution in [2.75, 3.05) is 60.2 Å². The van der Waals surface area contributed by atoms with Crippen LogP contribution in [0.5, 0.6) is 0 Å². The second-order valence-corrected chi connectivity index (χ2v) is 7.35. The van der Waals surface area contributed by atoms with Gasteiger partial charge >= 0.3 is 6.03 Å². The van der Waals surface area contributed by atoms with Gasteiger partial charge in [0.1, 0.15) is 5.60 Å². The Morgan fingerprint density at radius 2 is 1.96 bits per heavy atom. The average molecular weight is 326 g/mol. The average Bonchev–Trinajstić information content (AvgIpc) is 2.94. The van der Waals surface area contributed by atoms with Crippen molar-refractivity contribution in [2.45, 2.75) is 31.3 Å². The normalized spacial score (nSPS) is 27.2. The number of hydrogen-bond acceptors (Lipinski definition) is 4. The summed E-state index contributed by atoms with van der Waals surface area (Å²) in [6, 6.07) is 0.0839. The van der Waals surface area contributed by atoms with Crippen LogP contribution in [0.15, 0.2) is 0 Å². The lowest BCUT2D eigenvalue weighted by Crippen LogP contribution is -2.67. The molecule has 3 aliphatic rings. The molecule has 0 radical (unpaired) electrons. The van der Waals surface area contributed by atoms with E-state index in [9.17, 15) is 4.79 Å². The van der Waals surface area contributed by atoms with Crippen molar-refractivity contribution in [3.63, 3.8) is 0 Å². The van der Waals surface area contributed by atoms with Crippen LogP contribution >= 0.6 is 0 Å². The largest absolute Gasteiger partial charge is 0.381 e. The third-order valence-electron chi connectivity index (χ3n) is 5.48. The summed E-state index contributed by atoms with van der Waals surface area (Å²) in [6.07, 6.45) is 4.37. The Balaban J connectivity index is 1.37. The van der Waals surface area contributed by atoms with Crippen LogP contribution in [0.3, 0.4) is 0 Å². The van der Waals surface area contributed by atoms with Crippen LogP contribution in [0, 0.1) is 11.8 Å². The van der Waals surface area contributed by atoms with Crippen LogP contribution in [0.1, 0.15) is 25.7 Å². The summed E-state index contributed by atoms with van der Waals surface area (Å²) < 4.78 is 17.3. The first-order valence-corrected chi connectivity index (χ1v) is 8.86. The smallest absolute Gasteiger partial charge is 0.319 e. The summed E-state index contributed by atoms with van der Waals surface area (Å²) in [5.74, 6) is 1.18. The van der Waals surface area contributed by atoms with E-state index < -0.39 is 0 Å². The fourth-order valence-electron chi connectivity index (χ4n) is 3.95. The summed E-state index contributed by atoms with van der Waals surface area (Å²) >= 11 is 0. The molecule has 23 heavy (non-hydrogen) atoms. The van der Waals surface area contributed by atoms with Crippen molar-refractivity contribution < 1.29 is 19.0 Å². The standard InChI is InChI=1S/C17H30N2O4/c1-18(2)16(20)19-12-17(13-19)15(6-10-23-17)5-9-22-11-14-3-7-21-8-4-14/h14-15H,3-13H2,1-2H3. The Labute approximate surface area is 139 Å². The van der Waals surface area contributed by atoms with E-state index in [4.69, 9.17) is 14.2 Å². The van der Waals surface area contributed by atoms with Crippen molar-refractivity contribution >= 4 is 6.03 Å². The maximum Gasteiger partial charge on any atom is 0.319 e. The second-order valence-electron chi connectivity index (χ2n) is 7.35. The molecule has 6 nitrogen and oxygen atoms in total. The molecule has 1 unspecified atom stereocenters. The van der Waals surface area contributed by atoms with E-state index in [0.29, 0.717) is 11.8 Å². The molecule has 1 spiro atoms. The van der Waals surface area contributed by atoms with E-state index in [-0.39, 0.29) is 11.6 Å². The van der Waals surface area contributed by atoms with Crippen molar-refractivity contribution in [2.24, 2.45) is 11.8 Å². The van der Waals surface area contributed by atoms with Crippen LogP contribution in [0.2, 0.25) is 0 Å². The van der Waals surface area contributed by atoms with Gasteiger partial charge in [-0.2, -0.15) is 0 Å². The number of nitrogens with zero attached hydrogens (tertiary/aromatic N) is 2. The Bertz CT molecular complexity index is 403. The van der Waals surface area contributed by atoms with Gasteiger partial charge in [-0.25, -0.2) is 4.79 Å². The number of carbonyl (C=O) groups is 1. The zero-order valence-corrected chi connectivity index (χ0v) is 14.5. The number of urea groups is 1. The van der Waals surface area contributed by atoms with Gasteiger partial charge in [0.15, 0.2) is 0 Å². The Kier molecular flexibility index (Phi) is 5.44. The molecule has 3 heterocycles. The molecule has 0 aromatic heterocycles. The third kappa shape index (κ3) is 3.80. The van der Waals surface area contributed by atoms with Gasteiger partial charge in [0.2, 0.25) is 0 Å². The van der Waals surface area contributed by atoms with E-state index in [1.165, 1.54) is 0 Å². The number of rotatable bonds is 5. The minimum absolute atomic E-state index is 0.0839. The molecule has 3 aliphatic heterocycles. The second kappa shape index (κ2) is 7.36. The first kappa shape index (κ1) is 17.0. The van der Waals surface area contributed by atoms with E-state index in [0.717, 1.165) is 71.8 Å². The van der Waals surface area contributed by atoms with Crippen molar-refractivity contribution in [3.05, 3.63) is 0 Å². The van der Waals surface area contributed by atoms with Gasteiger partial charge in [-0.15, -0.1) is 0 Å². The van der Waals surface area contributed by atoms with Crippen molar-refractivity contribution in [3.8, 4) is 0 Å². The van der Waals surface area contributed by atoms with Gasteiger partial charge in [-0.1, -0.05) is 0 Å². The highest BCUT2D eigenvalue weighted by molar-refractivity contribution is 5.75. The lowest BCUT2D eigenvalue weighted by molar-refractivity contribution is -0.121. The van der Waals surface area contributed by atoms with Gasteiger partial charge in [-0.05, 0) is 37.5 Å². The predicted molar refractivity (Wildman–Crippen MR) is 86.4 cm³/mol. The fraction of sp³-hybridized carbons (Fsp3) is 0.941. The Morgan fingerprint density at radius 3 is 2.65 bits per heavy atom. The van der Waals surface area contributed by atoms with Crippen LogP contribution in [0.4, 0.5) is 4.79 Å².